The van der Waals surface area contributed by atoms with Gasteiger partial charge >= 0.3 is 0 Å². The SMILES string of the molecule is CCCCOc1ccc(PC(=O)c2c(OC)cc(OC)cc2OC)cc1.[Li]. The second-order valence-corrected chi connectivity index (χ2v) is 6.87. The zero-order valence-electron chi connectivity index (χ0n) is 16.6. The molecule has 0 saturated heterocycles. The molecule has 1 unspecified atom stereocenters. The molecule has 0 saturated carbocycles. The summed E-state index contributed by atoms with van der Waals surface area (Å²) in [5, 5.41) is 0.928. The van der Waals surface area contributed by atoms with Crippen LogP contribution in [0.5, 0.6) is 23.0 Å². The molecule has 0 aromatic heterocycles. The van der Waals surface area contributed by atoms with Crippen LogP contribution < -0.4 is 24.3 Å². The summed E-state index contributed by atoms with van der Waals surface area (Å²) < 4.78 is 21.6. The molecule has 5 nitrogen and oxygen atoms in total. The van der Waals surface area contributed by atoms with Crippen molar-refractivity contribution in [2.75, 3.05) is 27.9 Å². The Morgan fingerprint density at radius 3 is 2.00 bits per heavy atom. The van der Waals surface area contributed by atoms with Gasteiger partial charge in [0.15, 0.2) is 5.52 Å². The van der Waals surface area contributed by atoms with Crippen LogP contribution in [0, 0.1) is 0 Å². The van der Waals surface area contributed by atoms with E-state index < -0.39 is 0 Å². The average Bonchev–Trinajstić information content (AvgIpc) is 2.68. The molecule has 0 aliphatic rings. The smallest absolute Gasteiger partial charge is 0.193 e. The summed E-state index contributed by atoms with van der Waals surface area (Å²) in [6.07, 6.45) is 2.12. The molecule has 0 fully saturated rings. The van der Waals surface area contributed by atoms with E-state index in [1.54, 1.807) is 19.2 Å². The van der Waals surface area contributed by atoms with Crippen molar-refractivity contribution in [3.05, 3.63) is 42.0 Å². The fourth-order valence-corrected chi connectivity index (χ4v) is 3.36. The number of methoxy groups -OCH3 is 3. The average molecular weight is 383 g/mol. The maximum Gasteiger partial charge on any atom is 0.193 e. The van der Waals surface area contributed by atoms with Crippen LogP contribution in [0.1, 0.15) is 30.1 Å². The maximum absolute atomic E-state index is 12.8. The van der Waals surface area contributed by atoms with Crippen molar-refractivity contribution < 1.29 is 23.7 Å². The van der Waals surface area contributed by atoms with Crippen LogP contribution in [-0.4, -0.2) is 52.3 Å². The summed E-state index contributed by atoms with van der Waals surface area (Å²) in [6, 6.07) is 11.0. The van der Waals surface area contributed by atoms with E-state index in [1.807, 2.05) is 24.3 Å². The minimum atomic E-state index is -0.0546. The molecule has 141 valence electrons. The van der Waals surface area contributed by atoms with Gasteiger partial charge in [-0.05, 0) is 32.4 Å². The van der Waals surface area contributed by atoms with E-state index in [4.69, 9.17) is 18.9 Å². The fourth-order valence-electron chi connectivity index (χ4n) is 2.39. The number of carbonyl (C=O) groups is 1. The van der Waals surface area contributed by atoms with E-state index in [9.17, 15) is 4.79 Å². The largest absolute Gasteiger partial charge is 0.496 e. The predicted octanol–water partition coefficient (Wildman–Crippen LogP) is 3.65. The van der Waals surface area contributed by atoms with Gasteiger partial charge in [0, 0.05) is 31.0 Å². The van der Waals surface area contributed by atoms with Crippen molar-refractivity contribution in [1.82, 2.24) is 0 Å². The zero-order chi connectivity index (χ0) is 18.9. The molecule has 0 aliphatic carbocycles. The molecule has 0 amide bonds. The Hall–Kier alpha value is -1.66. The summed E-state index contributed by atoms with van der Waals surface area (Å²) in [5.74, 6) is 2.28. The number of hydrogen-bond donors (Lipinski definition) is 0. The third kappa shape index (κ3) is 6.47. The van der Waals surface area contributed by atoms with E-state index in [2.05, 4.69) is 6.92 Å². The number of hydrogen-bond acceptors (Lipinski definition) is 5. The summed E-state index contributed by atoms with van der Waals surface area (Å²) in [7, 11) is 4.56. The summed E-state index contributed by atoms with van der Waals surface area (Å²) in [5.41, 5.74) is 0.374. The maximum atomic E-state index is 12.8. The van der Waals surface area contributed by atoms with Crippen molar-refractivity contribution in [3.63, 3.8) is 0 Å². The predicted molar refractivity (Wildman–Crippen MR) is 111 cm³/mol. The van der Waals surface area contributed by atoms with Crippen LogP contribution in [0.25, 0.3) is 0 Å². The third-order valence-electron chi connectivity index (χ3n) is 3.82. The Balaban J connectivity index is 0.00000364. The first-order chi connectivity index (χ1) is 12.6. The van der Waals surface area contributed by atoms with Crippen molar-refractivity contribution >= 4 is 38.3 Å². The molecule has 7 heteroatoms. The molecule has 0 N–H and O–H groups in total. The second-order valence-electron chi connectivity index (χ2n) is 5.59. The van der Waals surface area contributed by atoms with Crippen LogP contribution in [0.15, 0.2) is 36.4 Å². The molecule has 1 radical (unpaired) electrons. The van der Waals surface area contributed by atoms with Crippen LogP contribution >= 0.6 is 8.58 Å². The Labute approximate surface area is 174 Å². The molecule has 1 atom stereocenters. The van der Waals surface area contributed by atoms with E-state index in [-0.39, 0.29) is 33.0 Å². The molecular formula is C20H25LiO5P. The van der Waals surface area contributed by atoms with Crippen molar-refractivity contribution in [2.45, 2.75) is 19.8 Å². The Bertz CT molecular complexity index is 709. The van der Waals surface area contributed by atoms with E-state index in [0.717, 1.165) is 23.9 Å². The number of rotatable bonds is 10. The first-order valence-corrected chi connectivity index (χ1v) is 9.47. The van der Waals surface area contributed by atoms with Gasteiger partial charge in [0.05, 0.1) is 27.9 Å². The fraction of sp³-hybridized carbons (Fsp3) is 0.350. The van der Waals surface area contributed by atoms with Gasteiger partial charge in [-0.3, -0.25) is 4.79 Å². The Kier molecular flexibility index (Phi) is 10.3. The number of benzene rings is 2. The normalized spacial score (nSPS) is 10.4. The first kappa shape index (κ1) is 23.4. The molecule has 0 bridgehead atoms. The zero-order valence-corrected chi connectivity index (χ0v) is 17.6. The van der Waals surface area contributed by atoms with Gasteiger partial charge in [0.25, 0.3) is 0 Å². The summed E-state index contributed by atoms with van der Waals surface area (Å²) in [4.78, 5) is 12.8. The topological polar surface area (TPSA) is 54.0 Å². The monoisotopic (exact) mass is 383 g/mol. The van der Waals surface area contributed by atoms with Crippen LogP contribution in [0.3, 0.4) is 0 Å². The second kappa shape index (κ2) is 11.9. The summed E-state index contributed by atoms with van der Waals surface area (Å²) in [6.45, 7) is 2.83. The van der Waals surface area contributed by atoms with Crippen LogP contribution in [0.4, 0.5) is 0 Å². The molecule has 2 aromatic carbocycles. The van der Waals surface area contributed by atoms with Gasteiger partial charge in [-0.25, -0.2) is 0 Å². The van der Waals surface area contributed by atoms with Crippen LogP contribution in [-0.2, 0) is 0 Å². The standard InChI is InChI=1S/C20H25O5P.Li/c1-5-6-11-25-14-7-9-16(10-8-14)26-20(21)19-17(23-3)12-15(22-2)13-18(19)24-4;/h7-10,12-13,26H,5-6,11H2,1-4H3;. The van der Waals surface area contributed by atoms with Crippen molar-refractivity contribution in [3.8, 4) is 23.0 Å². The minimum absolute atomic E-state index is 0. The van der Waals surface area contributed by atoms with Gasteiger partial charge in [0.1, 0.15) is 28.6 Å². The molecule has 2 aromatic rings. The number of ether oxygens (including phenoxy) is 4. The number of unbranched alkanes of at least 4 members (excludes halogenated alkanes) is 1. The van der Waals surface area contributed by atoms with Crippen molar-refractivity contribution in [1.29, 1.82) is 0 Å². The Morgan fingerprint density at radius 1 is 0.926 bits per heavy atom. The molecule has 0 heterocycles. The van der Waals surface area contributed by atoms with Gasteiger partial charge in [-0.15, -0.1) is 0 Å². The van der Waals surface area contributed by atoms with E-state index in [1.165, 1.54) is 14.2 Å². The molecule has 0 aliphatic heterocycles. The van der Waals surface area contributed by atoms with Crippen molar-refractivity contribution in [2.24, 2.45) is 0 Å². The molecule has 2 rings (SSSR count). The Morgan fingerprint density at radius 2 is 1.52 bits per heavy atom. The molecule has 27 heavy (non-hydrogen) atoms. The first-order valence-electron chi connectivity index (χ1n) is 8.47. The summed E-state index contributed by atoms with van der Waals surface area (Å²) >= 11 is 0. The van der Waals surface area contributed by atoms with Gasteiger partial charge in [0.2, 0.25) is 0 Å². The molecule has 0 spiro atoms. The van der Waals surface area contributed by atoms with Gasteiger partial charge in [-0.2, -0.15) is 0 Å². The number of carbonyl (C=O) groups excluding carboxylic acids is 1. The van der Waals surface area contributed by atoms with Gasteiger partial charge < -0.3 is 18.9 Å². The molecular weight excluding hydrogens is 358 g/mol. The quantitative estimate of drug-likeness (QED) is 0.356. The van der Waals surface area contributed by atoms with Gasteiger partial charge in [-0.1, -0.05) is 25.5 Å². The van der Waals surface area contributed by atoms with E-state index in [0.29, 0.717) is 29.4 Å². The minimum Gasteiger partial charge on any atom is -0.496 e. The van der Waals surface area contributed by atoms with E-state index >= 15 is 0 Å². The third-order valence-corrected chi connectivity index (χ3v) is 4.92. The van der Waals surface area contributed by atoms with Crippen LogP contribution in [0.2, 0.25) is 0 Å².